The van der Waals surface area contributed by atoms with E-state index in [1.165, 1.54) is 11.0 Å². The Morgan fingerprint density at radius 3 is 2.54 bits per heavy atom. The largest absolute Gasteiger partial charge is 0.465 e. The van der Waals surface area contributed by atoms with Gasteiger partial charge >= 0.3 is 6.09 Å². The predicted octanol–water partition coefficient (Wildman–Crippen LogP) is 4.17. The molecule has 1 aromatic rings. The summed E-state index contributed by atoms with van der Waals surface area (Å²) in [6, 6.07) is 3.94. The van der Waals surface area contributed by atoms with E-state index in [1.807, 2.05) is 6.92 Å². The van der Waals surface area contributed by atoms with E-state index < -0.39 is 23.5 Å². The number of nitrogens with zero attached hydrogens (tertiary/aromatic N) is 2. The first-order valence-corrected chi connectivity index (χ1v) is 8.72. The summed E-state index contributed by atoms with van der Waals surface area (Å²) in [4.78, 5) is 26.8. The molecule has 0 bridgehead atoms. The summed E-state index contributed by atoms with van der Waals surface area (Å²) in [7, 11) is 0. The molecular formula is C17H22BrFN2O3. The lowest BCUT2D eigenvalue weighted by Gasteiger charge is -2.36. The van der Waals surface area contributed by atoms with Gasteiger partial charge in [-0.1, -0.05) is 22.0 Å². The second kappa shape index (κ2) is 6.70. The van der Waals surface area contributed by atoms with Crippen molar-refractivity contribution in [2.24, 2.45) is 0 Å². The summed E-state index contributed by atoms with van der Waals surface area (Å²) < 4.78 is 14.4. The van der Waals surface area contributed by atoms with Gasteiger partial charge in [-0.05, 0) is 51.8 Å². The maximum absolute atomic E-state index is 14.4. The number of hydrogen-bond donors (Lipinski definition) is 1. The van der Waals surface area contributed by atoms with Crippen molar-refractivity contribution < 1.29 is 19.1 Å². The lowest BCUT2D eigenvalue weighted by Crippen LogP contribution is -2.54. The van der Waals surface area contributed by atoms with Crippen molar-refractivity contribution in [2.75, 3.05) is 11.4 Å². The number of carbonyl (C=O) groups excluding carboxylic acids is 1. The molecule has 2 rings (SSSR count). The number of hydrogen-bond acceptors (Lipinski definition) is 2. The fourth-order valence-electron chi connectivity index (χ4n) is 3.02. The molecule has 1 aromatic carbocycles. The fraction of sp³-hybridized carbons (Fsp3) is 0.529. The molecule has 1 aliphatic rings. The summed E-state index contributed by atoms with van der Waals surface area (Å²) in [6.07, 6.45) is -0.801. The van der Waals surface area contributed by atoms with E-state index in [-0.39, 0.29) is 16.4 Å². The average Bonchev–Trinajstić information content (AvgIpc) is 2.78. The lowest BCUT2D eigenvalue weighted by atomic mass is 10.0. The molecule has 1 aliphatic heterocycles. The zero-order valence-electron chi connectivity index (χ0n) is 14.2. The highest BCUT2D eigenvalue weighted by atomic mass is 79.9. The summed E-state index contributed by atoms with van der Waals surface area (Å²) >= 11 is 3.38. The molecule has 0 aliphatic carbocycles. The number of benzene rings is 1. The molecule has 1 saturated heterocycles. The lowest BCUT2D eigenvalue weighted by molar-refractivity contribution is -0.122. The number of carboxylic acid groups (broad SMARTS) is 1. The van der Waals surface area contributed by atoms with Gasteiger partial charge in [-0.15, -0.1) is 0 Å². The smallest absolute Gasteiger partial charge is 0.408 e. The molecule has 0 spiro atoms. The van der Waals surface area contributed by atoms with E-state index in [0.29, 0.717) is 13.0 Å². The Bertz CT molecular complexity index is 658. The van der Waals surface area contributed by atoms with Crippen LogP contribution in [0, 0.1) is 5.82 Å². The highest BCUT2D eigenvalue weighted by molar-refractivity contribution is 9.09. The van der Waals surface area contributed by atoms with Crippen molar-refractivity contribution in [1.82, 2.24) is 4.90 Å². The molecular weight excluding hydrogens is 379 g/mol. The molecule has 2 atom stereocenters. The number of halogens is 2. The molecule has 0 aromatic heterocycles. The van der Waals surface area contributed by atoms with Gasteiger partial charge < -0.3 is 10.0 Å². The van der Waals surface area contributed by atoms with Gasteiger partial charge in [-0.2, -0.15) is 0 Å². The number of carbonyl (C=O) groups is 2. The van der Waals surface area contributed by atoms with Gasteiger partial charge in [0.25, 0.3) is 0 Å². The van der Waals surface area contributed by atoms with Crippen LogP contribution in [0.5, 0.6) is 0 Å². The summed E-state index contributed by atoms with van der Waals surface area (Å²) in [5.74, 6) is -0.865. The van der Waals surface area contributed by atoms with E-state index in [0.717, 1.165) is 10.5 Å². The molecule has 5 nitrogen and oxygen atoms in total. The molecule has 2 amide bonds. The standard InChI is InChI=1S/C17H22BrFN2O3/c1-10(18)11-5-6-13(12(19)9-11)20-8-7-14(15(20)22)21(16(23)24)17(2,3)4/h5-6,9-10,14H,7-8H2,1-4H3,(H,23,24). The van der Waals surface area contributed by atoms with Gasteiger partial charge in [0, 0.05) is 16.9 Å². The third kappa shape index (κ3) is 3.55. The van der Waals surface area contributed by atoms with Crippen molar-refractivity contribution in [2.45, 2.75) is 50.5 Å². The average molecular weight is 401 g/mol. The molecule has 0 saturated carbocycles. The topological polar surface area (TPSA) is 60.9 Å². The van der Waals surface area contributed by atoms with E-state index in [4.69, 9.17) is 0 Å². The highest BCUT2D eigenvalue weighted by Gasteiger charge is 2.43. The van der Waals surface area contributed by atoms with Crippen LogP contribution in [0.2, 0.25) is 0 Å². The minimum atomic E-state index is -1.15. The van der Waals surface area contributed by atoms with Gasteiger partial charge in [0.1, 0.15) is 11.9 Å². The Labute approximate surface area is 149 Å². The number of rotatable bonds is 3. The molecule has 1 fully saturated rings. The number of anilines is 1. The molecule has 132 valence electrons. The Kier molecular flexibility index (Phi) is 5.22. The zero-order chi connectivity index (χ0) is 18.2. The normalized spacial score (nSPS) is 19.5. The summed E-state index contributed by atoms with van der Waals surface area (Å²) in [5, 5.41) is 9.47. The van der Waals surface area contributed by atoms with Crippen LogP contribution in [0.4, 0.5) is 14.9 Å². The first-order chi connectivity index (χ1) is 11.0. The second-order valence-electron chi connectivity index (χ2n) is 6.94. The van der Waals surface area contributed by atoms with Crippen LogP contribution in [0.15, 0.2) is 18.2 Å². The molecule has 7 heteroatoms. The van der Waals surface area contributed by atoms with Gasteiger partial charge in [-0.25, -0.2) is 9.18 Å². The minimum absolute atomic E-state index is 0.00599. The Morgan fingerprint density at radius 1 is 1.46 bits per heavy atom. The van der Waals surface area contributed by atoms with Crippen molar-refractivity contribution in [1.29, 1.82) is 0 Å². The maximum atomic E-state index is 14.4. The van der Waals surface area contributed by atoms with Crippen molar-refractivity contribution in [3.63, 3.8) is 0 Å². The zero-order valence-corrected chi connectivity index (χ0v) is 15.8. The molecule has 24 heavy (non-hydrogen) atoms. The quantitative estimate of drug-likeness (QED) is 0.774. The van der Waals surface area contributed by atoms with Crippen molar-refractivity contribution >= 4 is 33.6 Å². The number of alkyl halides is 1. The first-order valence-electron chi connectivity index (χ1n) is 7.81. The first kappa shape index (κ1) is 18.7. The van der Waals surface area contributed by atoms with Gasteiger partial charge in [-0.3, -0.25) is 9.69 Å². The maximum Gasteiger partial charge on any atom is 0.408 e. The summed E-state index contributed by atoms with van der Waals surface area (Å²) in [6.45, 7) is 7.40. The Morgan fingerprint density at radius 2 is 2.08 bits per heavy atom. The van der Waals surface area contributed by atoms with E-state index in [2.05, 4.69) is 15.9 Å². The van der Waals surface area contributed by atoms with Crippen LogP contribution in [0.1, 0.15) is 44.5 Å². The second-order valence-corrected chi connectivity index (χ2v) is 8.32. The Balaban J connectivity index is 2.30. The van der Waals surface area contributed by atoms with E-state index in [9.17, 15) is 19.1 Å². The SMILES string of the molecule is CC(Br)c1ccc(N2CCC(N(C(=O)O)C(C)(C)C)C2=O)c(F)c1. The van der Waals surface area contributed by atoms with Crippen LogP contribution < -0.4 is 4.90 Å². The number of amides is 2. The van der Waals surface area contributed by atoms with E-state index in [1.54, 1.807) is 32.9 Å². The van der Waals surface area contributed by atoms with Gasteiger partial charge in [0.05, 0.1) is 5.69 Å². The molecule has 2 unspecified atom stereocenters. The van der Waals surface area contributed by atoms with Gasteiger partial charge in [0.15, 0.2) is 0 Å². The van der Waals surface area contributed by atoms with Crippen LogP contribution in [-0.4, -0.2) is 40.1 Å². The Hall–Kier alpha value is -1.63. The van der Waals surface area contributed by atoms with Crippen LogP contribution >= 0.6 is 15.9 Å². The predicted molar refractivity (Wildman–Crippen MR) is 94.1 cm³/mol. The molecule has 1 heterocycles. The third-order valence-corrected chi connectivity index (χ3v) is 4.67. The highest BCUT2D eigenvalue weighted by Crippen LogP contribution is 2.32. The van der Waals surface area contributed by atoms with Crippen molar-refractivity contribution in [3.05, 3.63) is 29.6 Å². The van der Waals surface area contributed by atoms with Crippen LogP contribution in [0.3, 0.4) is 0 Å². The van der Waals surface area contributed by atoms with Crippen molar-refractivity contribution in [3.8, 4) is 0 Å². The van der Waals surface area contributed by atoms with Crippen LogP contribution in [0.25, 0.3) is 0 Å². The van der Waals surface area contributed by atoms with E-state index >= 15 is 0 Å². The third-order valence-electron chi connectivity index (χ3n) is 4.14. The molecule has 1 N–H and O–H groups in total. The minimum Gasteiger partial charge on any atom is -0.465 e. The fourth-order valence-corrected chi connectivity index (χ4v) is 3.31. The monoisotopic (exact) mass is 400 g/mol. The van der Waals surface area contributed by atoms with Gasteiger partial charge in [0.2, 0.25) is 5.91 Å². The molecule has 0 radical (unpaired) electrons. The summed E-state index contributed by atoms with van der Waals surface area (Å²) in [5.41, 5.74) is 0.260. The van der Waals surface area contributed by atoms with Crippen LogP contribution in [-0.2, 0) is 4.79 Å².